The maximum absolute atomic E-state index is 10.9. The van der Waals surface area contributed by atoms with Crippen molar-refractivity contribution in [3.8, 4) is 0 Å². The van der Waals surface area contributed by atoms with Gasteiger partial charge in [0, 0.05) is 0 Å². The van der Waals surface area contributed by atoms with Crippen molar-refractivity contribution in [3.05, 3.63) is 0 Å². The normalized spacial score (nSPS) is 25.0. The molecule has 0 radical (unpaired) electrons. The summed E-state index contributed by atoms with van der Waals surface area (Å²) < 4.78 is 5.96. The molecular formula is C26H48O4. The van der Waals surface area contributed by atoms with Gasteiger partial charge in [-0.3, -0.25) is 4.79 Å². The maximum atomic E-state index is 10.9. The first-order chi connectivity index (χ1) is 14.4. The van der Waals surface area contributed by atoms with Crippen LogP contribution in [0.5, 0.6) is 0 Å². The maximum Gasteiger partial charge on any atom is 0.305 e. The predicted molar refractivity (Wildman–Crippen MR) is 123 cm³/mol. The van der Waals surface area contributed by atoms with Gasteiger partial charge >= 0.3 is 5.97 Å². The Hall–Kier alpha value is -0.610. The molecule has 0 spiro atoms. The minimum absolute atomic E-state index is 0.129. The van der Waals surface area contributed by atoms with Crippen LogP contribution in [-0.4, -0.2) is 34.5 Å². The van der Waals surface area contributed by atoms with Crippen molar-refractivity contribution in [1.82, 2.24) is 0 Å². The van der Waals surface area contributed by atoms with Crippen LogP contribution in [0.2, 0.25) is 0 Å². The lowest BCUT2D eigenvalue weighted by molar-refractivity contribution is -0.139. The zero-order valence-electron chi connectivity index (χ0n) is 19.7. The summed E-state index contributed by atoms with van der Waals surface area (Å²) in [6.45, 7) is 4.71. The van der Waals surface area contributed by atoms with Gasteiger partial charge in [-0.15, -0.1) is 0 Å². The van der Waals surface area contributed by atoms with E-state index in [4.69, 9.17) is 9.84 Å². The van der Waals surface area contributed by atoms with Crippen LogP contribution in [0.3, 0.4) is 0 Å². The Morgan fingerprint density at radius 1 is 0.967 bits per heavy atom. The number of epoxide rings is 1. The number of hydrogen-bond acceptors (Lipinski definition) is 3. The van der Waals surface area contributed by atoms with E-state index in [1.54, 1.807) is 0 Å². The number of hydrogen-bond donors (Lipinski definition) is 2. The lowest BCUT2D eigenvalue weighted by Crippen LogP contribution is -2.25. The highest BCUT2D eigenvalue weighted by molar-refractivity contribution is 5.67. The summed E-state index contributed by atoms with van der Waals surface area (Å²) in [4.78, 5) is 10.9. The lowest BCUT2D eigenvalue weighted by atomic mass is 9.69. The van der Waals surface area contributed by atoms with Crippen molar-refractivity contribution >= 4 is 5.97 Å². The summed E-state index contributed by atoms with van der Waals surface area (Å²) in [5.74, 6) is -0.322. The van der Waals surface area contributed by atoms with Crippen LogP contribution in [0.25, 0.3) is 0 Å². The molecule has 4 atom stereocenters. The Morgan fingerprint density at radius 2 is 1.63 bits per heavy atom. The number of ether oxygens (including phenoxy) is 1. The molecule has 0 aromatic heterocycles. The van der Waals surface area contributed by atoms with E-state index in [1.807, 2.05) is 0 Å². The molecule has 1 saturated heterocycles. The molecule has 176 valence electrons. The fourth-order valence-electron chi connectivity index (χ4n) is 5.60. The molecule has 30 heavy (non-hydrogen) atoms. The molecule has 2 N–H and O–H groups in total. The van der Waals surface area contributed by atoms with E-state index in [-0.39, 0.29) is 6.42 Å². The van der Waals surface area contributed by atoms with Gasteiger partial charge in [-0.05, 0) is 62.7 Å². The number of carboxylic acid groups (broad SMARTS) is 1. The number of aliphatic hydroxyl groups excluding tert-OH is 1. The second-order valence-electron chi connectivity index (χ2n) is 10.6. The van der Waals surface area contributed by atoms with E-state index in [9.17, 15) is 9.90 Å². The SMILES string of the molecule is CCCCCCCCC1OC1CCC(CCC(O)CC(=O)O)CC1(C)CCCCC1. The molecule has 1 saturated carbocycles. The molecule has 0 bridgehead atoms. The zero-order chi connectivity index (χ0) is 21.8. The van der Waals surface area contributed by atoms with Gasteiger partial charge in [0.2, 0.25) is 0 Å². The molecule has 0 aromatic rings. The number of aliphatic hydroxyl groups is 1. The smallest absolute Gasteiger partial charge is 0.305 e. The van der Waals surface area contributed by atoms with E-state index in [1.165, 1.54) is 83.5 Å². The monoisotopic (exact) mass is 424 g/mol. The third-order valence-electron chi connectivity index (χ3n) is 7.55. The second-order valence-corrected chi connectivity index (χ2v) is 10.6. The molecule has 4 nitrogen and oxygen atoms in total. The van der Waals surface area contributed by atoms with Crippen molar-refractivity contribution < 1.29 is 19.7 Å². The second kappa shape index (κ2) is 13.7. The van der Waals surface area contributed by atoms with Crippen LogP contribution in [-0.2, 0) is 9.53 Å². The quantitative estimate of drug-likeness (QED) is 0.197. The van der Waals surface area contributed by atoms with Gasteiger partial charge in [-0.25, -0.2) is 0 Å². The number of aliphatic carboxylic acids is 1. The minimum atomic E-state index is -0.901. The number of carboxylic acids is 1. The summed E-state index contributed by atoms with van der Waals surface area (Å²) in [7, 11) is 0. The number of carbonyl (C=O) groups is 1. The zero-order valence-corrected chi connectivity index (χ0v) is 19.7. The minimum Gasteiger partial charge on any atom is -0.481 e. The third-order valence-corrected chi connectivity index (χ3v) is 7.55. The first-order valence-corrected chi connectivity index (χ1v) is 13.0. The van der Waals surface area contributed by atoms with Gasteiger partial charge in [0.15, 0.2) is 0 Å². The highest BCUT2D eigenvalue weighted by atomic mass is 16.6. The largest absolute Gasteiger partial charge is 0.481 e. The Labute approximate surface area is 185 Å². The van der Waals surface area contributed by atoms with Crippen molar-refractivity contribution in [3.63, 3.8) is 0 Å². The molecule has 0 amide bonds. The average molecular weight is 425 g/mol. The van der Waals surface area contributed by atoms with Crippen molar-refractivity contribution in [2.45, 2.75) is 148 Å². The van der Waals surface area contributed by atoms with Gasteiger partial charge in [-0.2, -0.15) is 0 Å². The van der Waals surface area contributed by atoms with E-state index in [0.717, 1.165) is 19.3 Å². The molecule has 4 heteroatoms. The van der Waals surface area contributed by atoms with Crippen LogP contribution in [0.15, 0.2) is 0 Å². The first kappa shape index (κ1) is 25.6. The van der Waals surface area contributed by atoms with Gasteiger partial charge in [-0.1, -0.05) is 71.6 Å². The fraction of sp³-hybridized carbons (Fsp3) is 0.962. The number of unbranched alkanes of at least 4 members (excludes halogenated alkanes) is 5. The van der Waals surface area contributed by atoms with Gasteiger partial charge < -0.3 is 14.9 Å². The Morgan fingerprint density at radius 3 is 2.33 bits per heavy atom. The molecule has 2 fully saturated rings. The van der Waals surface area contributed by atoms with Crippen LogP contribution < -0.4 is 0 Å². The number of rotatable bonds is 17. The highest BCUT2D eigenvalue weighted by Gasteiger charge is 2.38. The van der Waals surface area contributed by atoms with E-state index in [0.29, 0.717) is 30.0 Å². The molecule has 1 aliphatic carbocycles. The Balaban J connectivity index is 1.69. The molecule has 2 rings (SSSR count). The first-order valence-electron chi connectivity index (χ1n) is 13.0. The van der Waals surface area contributed by atoms with Crippen molar-refractivity contribution in [2.75, 3.05) is 0 Å². The molecule has 1 heterocycles. The fourth-order valence-corrected chi connectivity index (χ4v) is 5.60. The van der Waals surface area contributed by atoms with E-state index in [2.05, 4.69) is 13.8 Å². The summed E-state index contributed by atoms with van der Waals surface area (Å²) in [6, 6.07) is 0. The summed E-state index contributed by atoms with van der Waals surface area (Å²) >= 11 is 0. The summed E-state index contributed by atoms with van der Waals surface area (Å²) in [5.41, 5.74) is 0.433. The van der Waals surface area contributed by atoms with Crippen molar-refractivity contribution in [1.29, 1.82) is 0 Å². The topological polar surface area (TPSA) is 70.1 Å². The highest BCUT2D eigenvalue weighted by Crippen LogP contribution is 2.44. The molecule has 2 aliphatic rings. The average Bonchev–Trinajstić information content (AvgIpc) is 3.45. The third kappa shape index (κ3) is 10.6. The molecule has 4 unspecified atom stereocenters. The molecule has 0 aromatic carbocycles. The van der Waals surface area contributed by atoms with Gasteiger partial charge in [0.25, 0.3) is 0 Å². The van der Waals surface area contributed by atoms with E-state index >= 15 is 0 Å². The van der Waals surface area contributed by atoms with Crippen LogP contribution >= 0.6 is 0 Å². The Bertz CT molecular complexity index is 472. The summed E-state index contributed by atoms with van der Waals surface area (Å²) in [6.07, 6.45) is 21.1. The molecular weight excluding hydrogens is 376 g/mol. The van der Waals surface area contributed by atoms with Crippen molar-refractivity contribution in [2.24, 2.45) is 11.3 Å². The standard InChI is InChI=1S/C26H48O4/c1-3-4-5-6-7-9-12-23-24(30-23)16-14-21(13-15-22(27)19-25(28)29)20-26(2)17-10-8-11-18-26/h21-24,27H,3-20H2,1-2H3,(H,28,29). The van der Waals surface area contributed by atoms with Crippen LogP contribution in [0.1, 0.15) is 129 Å². The Kier molecular flexibility index (Phi) is 11.7. The summed E-state index contributed by atoms with van der Waals surface area (Å²) in [5, 5.41) is 19.0. The lowest BCUT2D eigenvalue weighted by Gasteiger charge is -2.37. The van der Waals surface area contributed by atoms with Gasteiger partial charge in [0.1, 0.15) is 0 Å². The molecule has 1 aliphatic heterocycles. The van der Waals surface area contributed by atoms with Crippen LogP contribution in [0.4, 0.5) is 0 Å². The predicted octanol–water partition coefficient (Wildman–Crippen LogP) is 6.88. The van der Waals surface area contributed by atoms with Crippen LogP contribution in [0, 0.1) is 11.3 Å². The van der Waals surface area contributed by atoms with Gasteiger partial charge in [0.05, 0.1) is 24.7 Å². The van der Waals surface area contributed by atoms with E-state index < -0.39 is 12.1 Å².